The summed E-state index contributed by atoms with van der Waals surface area (Å²) < 4.78 is 36.9. The zero-order valence-corrected chi connectivity index (χ0v) is 32.0. The van der Waals surface area contributed by atoms with E-state index in [4.69, 9.17) is 10.5 Å². The van der Waals surface area contributed by atoms with E-state index in [1.54, 1.807) is 11.2 Å². The highest BCUT2D eigenvalue weighted by atomic mass is 19.1. The molecule has 296 valence electrons. The Hall–Kier alpha value is -3.66. The molecule has 2 amide bonds. The lowest BCUT2D eigenvalue weighted by Gasteiger charge is -2.48. The first-order valence-electron chi connectivity index (χ1n) is 19.8. The molecule has 5 saturated heterocycles. The van der Waals surface area contributed by atoms with Crippen molar-refractivity contribution in [2.45, 2.75) is 58.0 Å². The molecule has 15 heteroatoms. The topological polar surface area (TPSA) is 135 Å². The Kier molecular flexibility index (Phi) is 11.9. The van der Waals surface area contributed by atoms with Gasteiger partial charge in [0.2, 0.25) is 11.8 Å². The van der Waals surface area contributed by atoms with E-state index < -0.39 is 17.2 Å². The number of hydrogen-bond donors (Lipinski definition) is 3. The molecule has 5 aliphatic rings. The molecule has 5 fully saturated rings. The number of amides is 2. The fraction of sp³-hybridized carbons (Fsp3) is 0.692. The fourth-order valence-corrected chi connectivity index (χ4v) is 9.07. The van der Waals surface area contributed by atoms with Gasteiger partial charge in [-0.05, 0) is 62.1 Å². The monoisotopic (exact) mass is 752 g/mol. The number of piperidine rings is 2. The Balaban J connectivity index is 0.838. The van der Waals surface area contributed by atoms with Gasteiger partial charge in [0.15, 0.2) is 0 Å². The minimum Gasteiger partial charge on any atom is -0.378 e. The second-order valence-corrected chi connectivity index (χ2v) is 17.1. The summed E-state index contributed by atoms with van der Waals surface area (Å²) in [4.78, 5) is 43.9. The van der Waals surface area contributed by atoms with E-state index in [1.165, 1.54) is 12.1 Å². The number of nitrogens with zero attached hydrogens (tertiary/aromatic N) is 7. The highest BCUT2D eigenvalue weighted by molar-refractivity contribution is 5.84. The lowest BCUT2D eigenvalue weighted by molar-refractivity contribution is -0.123. The first-order chi connectivity index (χ1) is 25.9. The van der Waals surface area contributed by atoms with Gasteiger partial charge in [-0.25, -0.2) is 18.7 Å². The average molecular weight is 753 g/mol. The maximum Gasteiger partial charge on any atom is 0.240 e. The molecule has 1 spiro atoms. The minimum atomic E-state index is -0.542. The van der Waals surface area contributed by atoms with E-state index in [0.717, 1.165) is 76.8 Å². The number of benzene rings is 1. The van der Waals surface area contributed by atoms with Gasteiger partial charge in [0, 0.05) is 96.1 Å². The lowest BCUT2D eigenvalue weighted by atomic mass is 9.82. The van der Waals surface area contributed by atoms with Crippen molar-refractivity contribution in [3.63, 3.8) is 0 Å². The normalized spacial score (nSPS) is 24.6. The summed E-state index contributed by atoms with van der Waals surface area (Å²) in [6, 6.07) is 4.54. The van der Waals surface area contributed by atoms with Crippen LogP contribution in [-0.2, 0) is 20.9 Å². The summed E-state index contributed by atoms with van der Waals surface area (Å²) in [5.74, 6) is 1.52. The van der Waals surface area contributed by atoms with Crippen molar-refractivity contribution in [2.75, 3.05) is 113 Å². The molecule has 0 unspecified atom stereocenters. The third-order valence-corrected chi connectivity index (χ3v) is 12.4. The zero-order chi connectivity index (χ0) is 37.9. The van der Waals surface area contributed by atoms with Crippen LogP contribution in [0.15, 0.2) is 24.5 Å². The summed E-state index contributed by atoms with van der Waals surface area (Å²) in [5, 5.41) is 6.54. The molecule has 6 heterocycles. The summed E-state index contributed by atoms with van der Waals surface area (Å²) >= 11 is 0. The van der Waals surface area contributed by atoms with Crippen molar-refractivity contribution in [1.29, 1.82) is 0 Å². The van der Waals surface area contributed by atoms with Crippen molar-refractivity contribution in [3.8, 4) is 0 Å². The number of anilines is 3. The van der Waals surface area contributed by atoms with Crippen molar-refractivity contribution >= 4 is 29.1 Å². The largest absolute Gasteiger partial charge is 0.378 e. The molecule has 7 rings (SSSR count). The van der Waals surface area contributed by atoms with Crippen LogP contribution in [0.5, 0.6) is 0 Å². The van der Waals surface area contributed by atoms with Gasteiger partial charge in [-0.1, -0.05) is 13.8 Å². The molecule has 2 aromatic rings. The molecule has 54 heavy (non-hydrogen) atoms. The Morgan fingerprint density at radius 1 is 0.907 bits per heavy atom. The van der Waals surface area contributed by atoms with Crippen LogP contribution in [0.1, 0.15) is 51.5 Å². The molecular weight excluding hydrogens is 694 g/mol. The van der Waals surface area contributed by atoms with Gasteiger partial charge in [-0.15, -0.1) is 0 Å². The fourth-order valence-electron chi connectivity index (χ4n) is 9.07. The summed E-state index contributed by atoms with van der Waals surface area (Å²) in [6.07, 6.45) is 5.36. The van der Waals surface area contributed by atoms with Crippen LogP contribution in [0.25, 0.3) is 0 Å². The number of likely N-dealkylation sites (tertiary alicyclic amines) is 3. The Bertz CT molecular complexity index is 1620. The average Bonchev–Trinajstić information content (AvgIpc) is 3.70. The van der Waals surface area contributed by atoms with Gasteiger partial charge in [0.05, 0.1) is 31.0 Å². The molecule has 13 nitrogen and oxygen atoms in total. The first kappa shape index (κ1) is 38.6. The number of aromatic nitrogens is 2. The van der Waals surface area contributed by atoms with Gasteiger partial charge >= 0.3 is 0 Å². The van der Waals surface area contributed by atoms with Gasteiger partial charge in [-0.2, -0.15) is 0 Å². The predicted octanol–water partition coefficient (Wildman–Crippen LogP) is 2.52. The maximum absolute atomic E-state index is 15.6. The van der Waals surface area contributed by atoms with Crippen LogP contribution in [-0.4, -0.2) is 140 Å². The van der Waals surface area contributed by atoms with Crippen LogP contribution in [0.2, 0.25) is 0 Å². The van der Waals surface area contributed by atoms with E-state index in [9.17, 15) is 9.59 Å². The van der Waals surface area contributed by atoms with E-state index in [0.29, 0.717) is 82.6 Å². The molecule has 0 saturated carbocycles. The zero-order valence-electron chi connectivity index (χ0n) is 32.0. The molecule has 0 bridgehead atoms. The summed E-state index contributed by atoms with van der Waals surface area (Å²) in [6.45, 7) is 16.1. The van der Waals surface area contributed by atoms with E-state index in [-0.39, 0.29) is 29.5 Å². The van der Waals surface area contributed by atoms with Crippen LogP contribution in [0, 0.1) is 28.9 Å². The van der Waals surface area contributed by atoms with Gasteiger partial charge in [-0.3, -0.25) is 14.5 Å². The Morgan fingerprint density at radius 3 is 2.31 bits per heavy atom. The van der Waals surface area contributed by atoms with E-state index in [1.807, 2.05) is 6.07 Å². The standard InChI is InChI=1S/C39H58F2N10O3/c1-38(2)4-10-47(11-5-38)20-28-17-32(41)33(18-31(28)40)51-25-37(53)46-39(26-51)6-12-50(13-7-39)36-19-35(44-27-45-36)43-8-15-54-16-14-49-23-29-21-48(9-3-34(42)52)22-30(29)24-49/h17-19,27,29-30H,3-16,20-26H2,1-2H3,(H2,42,52)(H,46,53)(H,43,44,45)/t29-,30+. The van der Waals surface area contributed by atoms with Crippen LogP contribution >= 0.6 is 0 Å². The number of fused-ring (bicyclic) bond motifs is 1. The number of nitrogens with one attached hydrogen (secondary N) is 2. The van der Waals surface area contributed by atoms with Crippen molar-refractivity contribution in [1.82, 2.24) is 30.0 Å². The smallest absolute Gasteiger partial charge is 0.240 e. The minimum absolute atomic E-state index is 0.00805. The molecule has 2 atom stereocenters. The number of hydrogen-bond acceptors (Lipinski definition) is 11. The highest BCUT2D eigenvalue weighted by Crippen LogP contribution is 2.35. The number of carbonyl (C=O) groups excluding carboxylic acids is 2. The number of halogens is 2. The van der Waals surface area contributed by atoms with Gasteiger partial charge in [0.1, 0.15) is 29.6 Å². The van der Waals surface area contributed by atoms with Crippen LogP contribution in [0.4, 0.5) is 26.1 Å². The van der Waals surface area contributed by atoms with Crippen molar-refractivity contribution in [3.05, 3.63) is 41.7 Å². The van der Waals surface area contributed by atoms with E-state index in [2.05, 4.69) is 54.0 Å². The maximum atomic E-state index is 15.6. The second kappa shape index (κ2) is 16.6. The number of rotatable bonds is 14. The third kappa shape index (κ3) is 9.58. The first-order valence-corrected chi connectivity index (χ1v) is 19.8. The molecular formula is C39H58F2N10O3. The number of ether oxygens (including phenoxy) is 1. The predicted molar refractivity (Wildman–Crippen MR) is 204 cm³/mol. The molecule has 5 aliphatic heterocycles. The van der Waals surface area contributed by atoms with Crippen LogP contribution in [0.3, 0.4) is 0 Å². The number of piperazine rings is 1. The van der Waals surface area contributed by atoms with Crippen molar-refractivity contribution < 1.29 is 23.1 Å². The van der Waals surface area contributed by atoms with Gasteiger partial charge in [0.25, 0.3) is 0 Å². The van der Waals surface area contributed by atoms with Crippen LogP contribution < -0.4 is 26.2 Å². The molecule has 1 aromatic heterocycles. The summed E-state index contributed by atoms with van der Waals surface area (Å²) in [5.41, 5.74) is 5.56. The molecule has 4 N–H and O–H groups in total. The third-order valence-electron chi connectivity index (χ3n) is 12.4. The second-order valence-electron chi connectivity index (χ2n) is 17.1. The molecule has 0 radical (unpaired) electrons. The number of primary amides is 1. The quantitative estimate of drug-likeness (QED) is 0.246. The Labute approximate surface area is 317 Å². The molecule has 1 aromatic carbocycles. The SMILES string of the molecule is CC1(C)CCN(Cc2cc(F)c(N3CC(=O)NC4(CCN(c5cc(NCCOCCN6C[C@@H]7CN(CCC(N)=O)C[C@@H]7C6)ncn5)CC4)C3)cc2F)CC1. The Morgan fingerprint density at radius 2 is 1.61 bits per heavy atom. The number of carbonyl (C=O) groups is 2. The number of nitrogens with two attached hydrogens (primary N) is 1. The van der Waals surface area contributed by atoms with Gasteiger partial charge < -0.3 is 40.7 Å². The van der Waals surface area contributed by atoms with E-state index >= 15 is 8.78 Å². The summed E-state index contributed by atoms with van der Waals surface area (Å²) in [7, 11) is 0. The lowest BCUT2D eigenvalue weighted by Crippen LogP contribution is -2.66. The molecule has 0 aliphatic carbocycles. The van der Waals surface area contributed by atoms with Crippen molar-refractivity contribution in [2.24, 2.45) is 23.0 Å². The highest BCUT2D eigenvalue weighted by Gasteiger charge is 2.43.